The van der Waals surface area contributed by atoms with Gasteiger partial charge in [0.25, 0.3) is 0 Å². The van der Waals surface area contributed by atoms with Crippen molar-refractivity contribution in [2.24, 2.45) is 0 Å². The van der Waals surface area contributed by atoms with E-state index in [0.29, 0.717) is 34.3 Å². The standard InChI is InChI=1S/C61H57N5O/c1-59(2,3)44-32-33-62-56(37-44)66-54-29-17-16-26-52(54)53-31-30-49(39-55(53)66)67-48-25-18-24-47(38-48)65-40-64(58(63-65)42-22-14-11-15-23-42)57-50(41-20-12-10-13-21-41)27-19-28-51(57)43-34-45(60(4,5)6)36-46(35-43)61(7,8)9/h10-39H,1-9H3/i10D,12D,13D,20D,21D. The van der Waals surface area contributed by atoms with Crippen LogP contribution in [0, 0.1) is 6.33 Å². The van der Waals surface area contributed by atoms with E-state index < -0.39 is 18.1 Å². The zero-order chi connectivity index (χ0) is 51.0. The van der Waals surface area contributed by atoms with E-state index in [2.05, 4.69) is 140 Å². The van der Waals surface area contributed by atoms with Crippen molar-refractivity contribution in [3.05, 3.63) is 205 Å². The first-order valence-electron chi connectivity index (χ1n) is 25.3. The number of nitrogens with zero attached hydrogens (tertiary/aromatic N) is 5. The molecule has 3 heterocycles. The van der Waals surface area contributed by atoms with Crippen LogP contribution >= 0.6 is 0 Å². The average molecular weight is 881 g/mol. The first kappa shape index (κ1) is 37.6. The maximum absolute atomic E-state index is 9.24. The second-order valence-electron chi connectivity index (χ2n) is 20.3. The molecule has 0 spiro atoms. The molecule has 0 N–H and O–H groups in total. The highest BCUT2D eigenvalue weighted by Crippen LogP contribution is 2.40. The lowest BCUT2D eigenvalue weighted by atomic mass is 9.78. The number of rotatable bonds is 8. The van der Waals surface area contributed by atoms with E-state index >= 15 is 0 Å². The number of fused-ring (bicyclic) bond motifs is 3. The van der Waals surface area contributed by atoms with Gasteiger partial charge in [-0.15, -0.1) is 0 Å². The Morgan fingerprint density at radius 1 is 0.537 bits per heavy atom. The molecular formula is C61H57N5O. The predicted molar refractivity (Wildman–Crippen MR) is 275 cm³/mol. The van der Waals surface area contributed by atoms with Gasteiger partial charge in [-0.05, 0) is 103 Å². The van der Waals surface area contributed by atoms with Gasteiger partial charge in [0.2, 0.25) is 12.2 Å². The zero-order valence-electron chi connectivity index (χ0n) is 44.6. The Morgan fingerprint density at radius 3 is 1.90 bits per heavy atom. The van der Waals surface area contributed by atoms with Crippen LogP contribution < -0.4 is 9.30 Å². The van der Waals surface area contributed by atoms with E-state index in [0.717, 1.165) is 55.4 Å². The van der Waals surface area contributed by atoms with Crippen molar-refractivity contribution in [2.45, 2.75) is 78.6 Å². The Kier molecular flexibility index (Phi) is 9.38. The van der Waals surface area contributed by atoms with Crippen molar-refractivity contribution in [3.8, 4) is 62.3 Å². The largest absolute Gasteiger partial charge is 0.458 e. The molecule has 0 radical (unpaired) electrons. The fourth-order valence-corrected chi connectivity index (χ4v) is 8.68. The van der Waals surface area contributed by atoms with Crippen molar-refractivity contribution in [1.82, 2.24) is 19.3 Å². The van der Waals surface area contributed by atoms with Crippen LogP contribution in [-0.2, 0) is 16.2 Å². The van der Waals surface area contributed by atoms with Crippen LogP contribution in [0.3, 0.4) is 0 Å². The molecule has 0 aliphatic heterocycles. The molecule has 10 aromatic rings. The molecule has 0 unspecified atom stereocenters. The van der Waals surface area contributed by atoms with Crippen molar-refractivity contribution in [1.29, 1.82) is 0 Å². The van der Waals surface area contributed by atoms with E-state index in [1.807, 2.05) is 89.6 Å². The van der Waals surface area contributed by atoms with Gasteiger partial charge in [-0.3, -0.25) is 4.57 Å². The van der Waals surface area contributed by atoms with Gasteiger partial charge >= 0.3 is 0 Å². The van der Waals surface area contributed by atoms with Gasteiger partial charge < -0.3 is 9.30 Å². The van der Waals surface area contributed by atoms with E-state index in [-0.39, 0.29) is 33.9 Å². The maximum Gasteiger partial charge on any atom is 0.231 e. The maximum atomic E-state index is 9.24. The number of benzene rings is 7. The van der Waals surface area contributed by atoms with Gasteiger partial charge in [0, 0.05) is 34.3 Å². The van der Waals surface area contributed by atoms with Crippen molar-refractivity contribution < 1.29 is 16.2 Å². The summed E-state index contributed by atoms with van der Waals surface area (Å²) in [6.45, 7) is 19.8. The normalized spacial score (nSPS) is 13.3. The first-order chi connectivity index (χ1) is 34.2. The highest BCUT2D eigenvalue weighted by atomic mass is 16.5. The lowest BCUT2D eigenvalue weighted by molar-refractivity contribution is -0.587. The van der Waals surface area contributed by atoms with E-state index in [1.165, 1.54) is 5.56 Å². The summed E-state index contributed by atoms with van der Waals surface area (Å²) in [4.78, 5) is 4.86. The Labute approximate surface area is 401 Å². The van der Waals surface area contributed by atoms with Crippen LogP contribution in [0.1, 0.15) is 85.9 Å². The molecule has 0 fully saturated rings. The summed E-state index contributed by atoms with van der Waals surface area (Å²) < 4.78 is 56.9. The van der Waals surface area contributed by atoms with Crippen molar-refractivity contribution >= 4 is 21.8 Å². The molecule has 0 saturated carbocycles. The average Bonchev–Trinajstić information content (AvgIpc) is 3.94. The molecule has 0 bridgehead atoms. The zero-order valence-corrected chi connectivity index (χ0v) is 39.6. The molecule has 0 saturated heterocycles. The van der Waals surface area contributed by atoms with Gasteiger partial charge in [-0.25, -0.2) is 4.98 Å². The molecule has 3 aromatic heterocycles. The third kappa shape index (κ3) is 8.45. The summed E-state index contributed by atoms with van der Waals surface area (Å²) in [6, 6.07) is 46.8. The number of aromatic nitrogens is 5. The molecule has 6 heteroatoms. The van der Waals surface area contributed by atoms with Gasteiger partial charge in [-0.1, -0.05) is 190 Å². The molecule has 0 aliphatic rings. The second-order valence-corrected chi connectivity index (χ2v) is 20.3. The molecule has 10 rings (SSSR count). The summed E-state index contributed by atoms with van der Waals surface area (Å²) in [7, 11) is 0. The number of hydrogen-bond acceptors (Lipinski definition) is 3. The minimum Gasteiger partial charge on any atom is -0.458 e. The Bertz CT molecular complexity index is 3680. The topological polar surface area (TPSA) is 48.8 Å². The third-order valence-electron chi connectivity index (χ3n) is 12.4. The van der Waals surface area contributed by atoms with Gasteiger partial charge in [0.05, 0.1) is 23.6 Å². The first-order valence-corrected chi connectivity index (χ1v) is 22.8. The van der Waals surface area contributed by atoms with Crippen molar-refractivity contribution in [2.75, 3.05) is 0 Å². The lowest BCUT2D eigenvalue weighted by Gasteiger charge is -2.27. The summed E-state index contributed by atoms with van der Waals surface area (Å²) in [5.74, 6) is 2.57. The Hall–Kier alpha value is -7.57. The predicted octanol–water partition coefficient (Wildman–Crippen LogP) is 15.1. The Balaban J connectivity index is 1.16. The SMILES string of the molecule is [2H]c1c([2H])c([2H])c(-c2cccc(-c3cc(C(C)(C)C)cc(C(C)(C)C)c3)c2-[n+]2[c-]n(-c3cccc(Oc4ccc5c6ccccc6n(-c6cc(C(C)(C)C)ccn6)c5c4)c3)nc2-c2ccccc2)c([2H])c1[2H]. The molecule has 0 aliphatic carbocycles. The second kappa shape index (κ2) is 16.7. The summed E-state index contributed by atoms with van der Waals surface area (Å²) in [5.41, 5.74) is 9.23. The van der Waals surface area contributed by atoms with Crippen LogP contribution in [-0.4, -0.2) is 19.3 Å². The molecule has 6 nitrogen and oxygen atoms in total. The smallest absolute Gasteiger partial charge is 0.231 e. The fraction of sp³-hybridized carbons (Fsp3) is 0.197. The van der Waals surface area contributed by atoms with Crippen LogP contribution in [0.4, 0.5) is 0 Å². The molecule has 67 heavy (non-hydrogen) atoms. The highest BCUT2D eigenvalue weighted by molar-refractivity contribution is 6.09. The van der Waals surface area contributed by atoms with E-state index in [4.69, 9.17) is 18.9 Å². The van der Waals surface area contributed by atoms with Crippen LogP contribution in [0.2, 0.25) is 0 Å². The minimum absolute atomic E-state index is 0.0624. The number of para-hydroxylation sites is 2. The molecule has 7 aromatic carbocycles. The van der Waals surface area contributed by atoms with Gasteiger partial charge in [-0.2, -0.15) is 4.68 Å². The third-order valence-corrected chi connectivity index (χ3v) is 12.4. The summed E-state index contributed by atoms with van der Waals surface area (Å²) in [6.07, 6.45) is 5.46. The number of pyridine rings is 1. The molecule has 332 valence electrons. The van der Waals surface area contributed by atoms with Crippen molar-refractivity contribution in [3.63, 3.8) is 0 Å². The Morgan fingerprint density at radius 2 is 1.18 bits per heavy atom. The fourth-order valence-electron chi connectivity index (χ4n) is 8.68. The number of ether oxygens (including phenoxy) is 1. The van der Waals surface area contributed by atoms with Gasteiger partial charge in [0.15, 0.2) is 0 Å². The number of hydrogen-bond donors (Lipinski definition) is 0. The van der Waals surface area contributed by atoms with E-state index in [1.54, 1.807) is 4.68 Å². The molecule has 0 amide bonds. The molecule has 0 atom stereocenters. The van der Waals surface area contributed by atoms with Crippen LogP contribution in [0.25, 0.3) is 72.6 Å². The van der Waals surface area contributed by atoms with E-state index in [9.17, 15) is 2.74 Å². The van der Waals surface area contributed by atoms with Crippen LogP contribution in [0.5, 0.6) is 11.5 Å². The quantitative estimate of drug-likeness (QED) is 0.113. The summed E-state index contributed by atoms with van der Waals surface area (Å²) >= 11 is 0. The highest BCUT2D eigenvalue weighted by Gasteiger charge is 2.25. The van der Waals surface area contributed by atoms with Crippen LogP contribution in [0.15, 0.2) is 182 Å². The molecular weight excluding hydrogens is 819 g/mol. The van der Waals surface area contributed by atoms with Gasteiger partial charge in [0.1, 0.15) is 17.3 Å². The monoisotopic (exact) mass is 880 g/mol. The lowest BCUT2D eigenvalue weighted by Crippen LogP contribution is -2.33. The minimum atomic E-state index is -0.455. The summed E-state index contributed by atoms with van der Waals surface area (Å²) in [5, 5.41) is 7.45.